The molecule has 0 saturated heterocycles. The largest absolute Gasteiger partial charge is 0.505 e. The van der Waals surface area contributed by atoms with Gasteiger partial charge >= 0.3 is 0 Å². The summed E-state index contributed by atoms with van der Waals surface area (Å²) in [5, 5.41) is 10.5. The van der Waals surface area contributed by atoms with Gasteiger partial charge in [-0.05, 0) is 35.4 Å². The molecule has 3 rings (SSSR count). The molecule has 0 atom stereocenters. The molecule has 2 aromatic heterocycles. The molecule has 21 heavy (non-hydrogen) atoms. The molecule has 0 aliphatic rings. The number of benzene rings is 1. The number of anilines is 1. The van der Waals surface area contributed by atoms with Gasteiger partial charge in [-0.15, -0.1) is 0 Å². The van der Waals surface area contributed by atoms with E-state index in [0.717, 1.165) is 16.7 Å². The van der Waals surface area contributed by atoms with Gasteiger partial charge in [-0.1, -0.05) is 18.2 Å². The van der Waals surface area contributed by atoms with E-state index >= 15 is 0 Å². The Kier molecular flexibility index (Phi) is 3.51. The summed E-state index contributed by atoms with van der Waals surface area (Å²) < 4.78 is 0. The van der Waals surface area contributed by atoms with Crippen LogP contribution in [0.25, 0.3) is 11.1 Å². The van der Waals surface area contributed by atoms with Crippen molar-refractivity contribution in [2.24, 2.45) is 0 Å². The minimum atomic E-state index is 0.187. The smallest absolute Gasteiger partial charge is 0.145 e. The normalized spacial score (nSPS) is 10.5. The van der Waals surface area contributed by atoms with E-state index in [0.29, 0.717) is 17.8 Å². The van der Waals surface area contributed by atoms with Crippen LogP contribution < -0.4 is 5.73 Å². The second-order valence-corrected chi connectivity index (χ2v) is 4.82. The SMILES string of the molecule is Nc1cccc(-c2ccnc(Cc3cccnc3)c2O)c1. The lowest BCUT2D eigenvalue weighted by atomic mass is 10.0. The van der Waals surface area contributed by atoms with Gasteiger partial charge in [-0.3, -0.25) is 9.97 Å². The zero-order chi connectivity index (χ0) is 14.7. The van der Waals surface area contributed by atoms with E-state index in [1.165, 1.54) is 0 Å². The number of nitrogens with two attached hydrogens (primary N) is 1. The van der Waals surface area contributed by atoms with Crippen molar-refractivity contribution in [3.8, 4) is 16.9 Å². The summed E-state index contributed by atoms with van der Waals surface area (Å²) in [5.74, 6) is 0.187. The van der Waals surface area contributed by atoms with Crippen molar-refractivity contribution in [1.82, 2.24) is 9.97 Å². The lowest BCUT2D eigenvalue weighted by molar-refractivity contribution is 0.467. The zero-order valence-electron chi connectivity index (χ0n) is 11.4. The Morgan fingerprint density at radius 1 is 1.05 bits per heavy atom. The van der Waals surface area contributed by atoms with Crippen LogP contribution >= 0.6 is 0 Å². The van der Waals surface area contributed by atoms with Crippen LogP contribution in [0.4, 0.5) is 5.69 Å². The van der Waals surface area contributed by atoms with Crippen LogP contribution in [-0.4, -0.2) is 15.1 Å². The number of hydrogen-bond acceptors (Lipinski definition) is 4. The van der Waals surface area contributed by atoms with Crippen molar-refractivity contribution >= 4 is 5.69 Å². The fraction of sp³-hybridized carbons (Fsp3) is 0.0588. The molecule has 0 fully saturated rings. The quantitative estimate of drug-likeness (QED) is 0.722. The highest BCUT2D eigenvalue weighted by atomic mass is 16.3. The first-order valence-electron chi connectivity index (χ1n) is 6.65. The van der Waals surface area contributed by atoms with E-state index in [1.807, 2.05) is 36.4 Å². The molecule has 0 spiro atoms. The highest BCUT2D eigenvalue weighted by Gasteiger charge is 2.11. The van der Waals surface area contributed by atoms with E-state index in [9.17, 15) is 5.11 Å². The average molecular weight is 277 g/mol. The average Bonchev–Trinajstić information content (AvgIpc) is 2.50. The number of pyridine rings is 2. The van der Waals surface area contributed by atoms with E-state index in [-0.39, 0.29) is 5.75 Å². The second kappa shape index (κ2) is 5.63. The molecule has 0 amide bonds. The molecule has 0 aliphatic heterocycles. The van der Waals surface area contributed by atoms with Gasteiger partial charge in [-0.25, -0.2) is 0 Å². The Labute approximate surface area is 122 Å². The summed E-state index contributed by atoms with van der Waals surface area (Å²) >= 11 is 0. The summed E-state index contributed by atoms with van der Waals surface area (Å²) in [5.41, 5.74) is 9.71. The Hall–Kier alpha value is -2.88. The maximum absolute atomic E-state index is 10.5. The van der Waals surface area contributed by atoms with Crippen molar-refractivity contribution in [2.45, 2.75) is 6.42 Å². The van der Waals surface area contributed by atoms with E-state index in [4.69, 9.17) is 5.73 Å². The molecule has 0 unspecified atom stereocenters. The Balaban J connectivity index is 1.99. The summed E-state index contributed by atoms with van der Waals surface area (Å²) in [6.07, 6.45) is 5.73. The van der Waals surface area contributed by atoms with E-state index in [2.05, 4.69) is 9.97 Å². The lowest BCUT2D eigenvalue weighted by Gasteiger charge is -2.09. The predicted molar refractivity (Wildman–Crippen MR) is 82.8 cm³/mol. The van der Waals surface area contributed by atoms with Crippen LogP contribution in [0.5, 0.6) is 5.75 Å². The highest BCUT2D eigenvalue weighted by Crippen LogP contribution is 2.32. The molecule has 1 aromatic carbocycles. The monoisotopic (exact) mass is 277 g/mol. The van der Waals surface area contributed by atoms with Gasteiger partial charge in [0, 0.05) is 36.3 Å². The zero-order valence-corrected chi connectivity index (χ0v) is 11.4. The van der Waals surface area contributed by atoms with Crippen molar-refractivity contribution in [1.29, 1.82) is 0 Å². The summed E-state index contributed by atoms with van der Waals surface area (Å²) in [4.78, 5) is 8.35. The van der Waals surface area contributed by atoms with E-state index < -0.39 is 0 Å². The van der Waals surface area contributed by atoms with Gasteiger partial charge in [-0.2, -0.15) is 0 Å². The second-order valence-electron chi connectivity index (χ2n) is 4.82. The van der Waals surface area contributed by atoms with Crippen LogP contribution in [-0.2, 0) is 6.42 Å². The minimum Gasteiger partial charge on any atom is -0.505 e. The number of nitrogens with zero attached hydrogens (tertiary/aromatic N) is 2. The third kappa shape index (κ3) is 2.84. The molecule has 104 valence electrons. The molecule has 4 heteroatoms. The predicted octanol–water partition coefficient (Wildman–Crippen LogP) is 3.02. The fourth-order valence-electron chi connectivity index (χ4n) is 2.26. The van der Waals surface area contributed by atoms with Gasteiger partial charge < -0.3 is 10.8 Å². The third-order valence-corrected chi connectivity index (χ3v) is 3.29. The molecular weight excluding hydrogens is 262 g/mol. The van der Waals surface area contributed by atoms with Gasteiger partial charge in [0.2, 0.25) is 0 Å². The molecule has 4 nitrogen and oxygen atoms in total. The van der Waals surface area contributed by atoms with Crippen LogP contribution in [0, 0.1) is 0 Å². The minimum absolute atomic E-state index is 0.187. The first-order valence-corrected chi connectivity index (χ1v) is 6.65. The molecular formula is C17H15N3O. The number of aromatic nitrogens is 2. The molecule has 0 aliphatic carbocycles. The highest BCUT2D eigenvalue weighted by molar-refractivity contribution is 5.73. The van der Waals surface area contributed by atoms with Crippen molar-refractivity contribution in [3.63, 3.8) is 0 Å². The molecule has 0 bridgehead atoms. The van der Waals surface area contributed by atoms with Crippen LogP contribution in [0.3, 0.4) is 0 Å². The van der Waals surface area contributed by atoms with E-state index in [1.54, 1.807) is 24.7 Å². The lowest BCUT2D eigenvalue weighted by Crippen LogP contribution is -1.95. The summed E-state index contributed by atoms with van der Waals surface area (Å²) in [7, 11) is 0. The van der Waals surface area contributed by atoms with Crippen LogP contribution in [0.1, 0.15) is 11.3 Å². The van der Waals surface area contributed by atoms with Gasteiger partial charge in [0.05, 0.1) is 5.69 Å². The maximum Gasteiger partial charge on any atom is 0.145 e. The molecule has 2 heterocycles. The van der Waals surface area contributed by atoms with Crippen molar-refractivity contribution < 1.29 is 5.11 Å². The number of rotatable bonds is 3. The Morgan fingerprint density at radius 2 is 1.95 bits per heavy atom. The molecule has 3 aromatic rings. The standard InChI is InChI=1S/C17H15N3O/c18-14-5-1-4-13(10-14)15-6-8-20-16(17(15)21)9-12-3-2-7-19-11-12/h1-8,10-11,21H,9,18H2. The van der Waals surface area contributed by atoms with Gasteiger partial charge in [0.1, 0.15) is 5.75 Å². The van der Waals surface area contributed by atoms with Crippen molar-refractivity contribution in [2.75, 3.05) is 5.73 Å². The third-order valence-electron chi connectivity index (χ3n) is 3.29. The molecule has 3 N–H and O–H groups in total. The first kappa shape index (κ1) is 13.1. The Morgan fingerprint density at radius 3 is 2.71 bits per heavy atom. The maximum atomic E-state index is 10.5. The summed E-state index contributed by atoms with van der Waals surface area (Å²) in [6, 6.07) is 13.1. The number of nitrogen functional groups attached to an aromatic ring is 1. The van der Waals surface area contributed by atoms with Gasteiger partial charge in [0.25, 0.3) is 0 Å². The first-order chi connectivity index (χ1) is 10.2. The number of hydrogen-bond donors (Lipinski definition) is 2. The van der Waals surface area contributed by atoms with Crippen LogP contribution in [0.15, 0.2) is 61.1 Å². The van der Waals surface area contributed by atoms with Gasteiger partial charge in [0.15, 0.2) is 0 Å². The number of aromatic hydroxyl groups is 1. The molecule has 0 saturated carbocycles. The molecule has 0 radical (unpaired) electrons. The van der Waals surface area contributed by atoms with Crippen LogP contribution in [0.2, 0.25) is 0 Å². The van der Waals surface area contributed by atoms with Crippen molar-refractivity contribution in [3.05, 3.63) is 72.3 Å². The summed E-state index contributed by atoms with van der Waals surface area (Å²) in [6.45, 7) is 0. The Bertz CT molecular complexity index is 757. The fourth-order valence-corrected chi connectivity index (χ4v) is 2.26. The topological polar surface area (TPSA) is 72.0 Å².